The second-order valence-electron chi connectivity index (χ2n) is 8.31. The molecule has 1 amide bonds. The van der Waals surface area contributed by atoms with Crippen LogP contribution in [0.4, 0.5) is 4.79 Å². The highest BCUT2D eigenvalue weighted by Crippen LogP contribution is 2.16. The molecule has 2 aromatic heterocycles. The fourth-order valence-electron chi connectivity index (χ4n) is 3.91. The first-order chi connectivity index (χ1) is 15.5. The van der Waals surface area contributed by atoms with Crippen molar-refractivity contribution >= 4 is 6.09 Å². The largest absolute Gasteiger partial charge is 0.415 e. The molecule has 0 bridgehead atoms. The van der Waals surface area contributed by atoms with Gasteiger partial charge in [0.25, 0.3) is 0 Å². The number of carbonyl (C=O) groups is 1. The van der Waals surface area contributed by atoms with Crippen LogP contribution < -0.4 is 4.74 Å². The molecule has 0 N–H and O–H groups in total. The van der Waals surface area contributed by atoms with Gasteiger partial charge in [-0.2, -0.15) is 0 Å². The monoisotopic (exact) mass is 430 g/mol. The summed E-state index contributed by atoms with van der Waals surface area (Å²) in [4.78, 5) is 25.8. The molecular formula is C26H30N4O2. The van der Waals surface area contributed by atoms with Crippen LogP contribution in [0.3, 0.4) is 0 Å². The van der Waals surface area contributed by atoms with Gasteiger partial charge in [-0.1, -0.05) is 24.3 Å². The number of nitrogens with zero attached hydrogens (tertiary/aromatic N) is 4. The number of carbonyl (C=O) groups excluding carboxylic acids is 1. The van der Waals surface area contributed by atoms with Crippen LogP contribution in [0.2, 0.25) is 0 Å². The number of piperazine rings is 1. The van der Waals surface area contributed by atoms with E-state index >= 15 is 0 Å². The predicted octanol–water partition coefficient (Wildman–Crippen LogP) is 4.04. The molecule has 166 valence electrons. The zero-order valence-electron chi connectivity index (χ0n) is 18.8. The molecule has 0 atom stereocenters. The van der Waals surface area contributed by atoms with E-state index in [0.29, 0.717) is 18.8 Å². The van der Waals surface area contributed by atoms with E-state index in [4.69, 9.17) is 4.74 Å². The minimum Gasteiger partial charge on any atom is -0.410 e. The number of ether oxygens (including phenoxy) is 1. The molecule has 0 unspecified atom stereocenters. The lowest BCUT2D eigenvalue weighted by molar-refractivity contribution is 0.111. The molecule has 0 radical (unpaired) electrons. The zero-order valence-corrected chi connectivity index (χ0v) is 18.8. The van der Waals surface area contributed by atoms with E-state index < -0.39 is 0 Å². The topological polar surface area (TPSA) is 58.6 Å². The first-order valence-corrected chi connectivity index (χ1v) is 11.2. The van der Waals surface area contributed by atoms with Crippen LogP contribution in [-0.4, -0.2) is 58.6 Å². The third kappa shape index (κ3) is 6.14. The van der Waals surface area contributed by atoms with Crippen LogP contribution in [0.25, 0.3) is 0 Å². The Hall–Kier alpha value is -3.25. The van der Waals surface area contributed by atoms with Gasteiger partial charge < -0.3 is 9.64 Å². The fraction of sp³-hybridized carbons (Fsp3) is 0.346. The first-order valence-electron chi connectivity index (χ1n) is 11.2. The summed E-state index contributed by atoms with van der Waals surface area (Å²) < 4.78 is 5.60. The number of pyridine rings is 2. The predicted molar refractivity (Wildman–Crippen MR) is 125 cm³/mol. The maximum absolute atomic E-state index is 12.6. The molecule has 1 aliphatic rings. The summed E-state index contributed by atoms with van der Waals surface area (Å²) in [6.07, 6.45) is 1.41. The van der Waals surface area contributed by atoms with E-state index in [9.17, 15) is 4.79 Å². The normalized spacial score (nSPS) is 14.4. The first kappa shape index (κ1) is 22.0. The van der Waals surface area contributed by atoms with E-state index in [-0.39, 0.29) is 6.09 Å². The van der Waals surface area contributed by atoms with E-state index in [1.54, 1.807) is 4.90 Å². The van der Waals surface area contributed by atoms with E-state index in [1.165, 1.54) is 0 Å². The highest BCUT2D eigenvalue weighted by atomic mass is 16.6. The average Bonchev–Trinajstić information content (AvgIpc) is 2.79. The summed E-state index contributed by atoms with van der Waals surface area (Å²) in [7, 11) is 0. The lowest BCUT2D eigenvalue weighted by Gasteiger charge is -2.33. The van der Waals surface area contributed by atoms with Gasteiger partial charge in [0, 0.05) is 68.3 Å². The van der Waals surface area contributed by atoms with Crippen LogP contribution in [0.15, 0.2) is 60.7 Å². The van der Waals surface area contributed by atoms with Crippen molar-refractivity contribution in [3.8, 4) is 5.75 Å². The molecule has 1 aliphatic heterocycles. The van der Waals surface area contributed by atoms with Crippen molar-refractivity contribution in [1.82, 2.24) is 19.8 Å². The molecule has 1 aromatic carbocycles. The molecule has 0 saturated carbocycles. The van der Waals surface area contributed by atoms with Crippen molar-refractivity contribution < 1.29 is 9.53 Å². The van der Waals surface area contributed by atoms with E-state index in [1.807, 2.05) is 62.4 Å². The van der Waals surface area contributed by atoms with Gasteiger partial charge >= 0.3 is 6.09 Å². The number of benzene rings is 1. The lowest BCUT2D eigenvalue weighted by Crippen LogP contribution is -2.49. The van der Waals surface area contributed by atoms with Gasteiger partial charge in [0.1, 0.15) is 5.75 Å². The highest BCUT2D eigenvalue weighted by Gasteiger charge is 2.22. The van der Waals surface area contributed by atoms with Crippen molar-refractivity contribution in [2.24, 2.45) is 0 Å². The smallest absolute Gasteiger partial charge is 0.410 e. The molecule has 1 fully saturated rings. The van der Waals surface area contributed by atoms with Crippen LogP contribution in [-0.2, 0) is 12.8 Å². The van der Waals surface area contributed by atoms with Crippen LogP contribution in [0.1, 0.15) is 28.3 Å². The van der Waals surface area contributed by atoms with Gasteiger partial charge in [-0.25, -0.2) is 4.79 Å². The number of aromatic nitrogens is 2. The third-order valence-corrected chi connectivity index (χ3v) is 5.72. The van der Waals surface area contributed by atoms with Gasteiger partial charge in [0.2, 0.25) is 0 Å². The summed E-state index contributed by atoms with van der Waals surface area (Å²) in [5.41, 5.74) is 5.36. The molecule has 3 heterocycles. The maximum atomic E-state index is 12.6. The number of rotatable bonds is 6. The minimum atomic E-state index is -0.280. The van der Waals surface area contributed by atoms with Gasteiger partial charge in [-0.15, -0.1) is 0 Å². The second-order valence-corrected chi connectivity index (χ2v) is 8.31. The van der Waals surface area contributed by atoms with Crippen molar-refractivity contribution in [1.29, 1.82) is 0 Å². The Morgan fingerprint density at radius 2 is 1.47 bits per heavy atom. The minimum absolute atomic E-state index is 0.280. The second kappa shape index (κ2) is 10.4. The SMILES string of the molecule is Cc1cccc(CCN2CCN(C(=O)Oc3ccc(Cc4cccc(C)n4)cc3)CC2)n1. The number of amides is 1. The van der Waals surface area contributed by atoms with Crippen LogP contribution >= 0.6 is 0 Å². The quantitative estimate of drug-likeness (QED) is 0.591. The summed E-state index contributed by atoms with van der Waals surface area (Å²) in [6, 6.07) is 19.9. The van der Waals surface area contributed by atoms with Crippen LogP contribution in [0.5, 0.6) is 5.75 Å². The molecule has 6 nitrogen and oxygen atoms in total. The maximum Gasteiger partial charge on any atom is 0.415 e. The highest BCUT2D eigenvalue weighted by molar-refractivity contribution is 5.70. The average molecular weight is 431 g/mol. The van der Waals surface area contributed by atoms with E-state index in [2.05, 4.69) is 27.0 Å². The molecule has 0 spiro atoms. The van der Waals surface area contributed by atoms with Gasteiger partial charge in [-0.05, 0) is 55.8 Å². The van der Waals surface area contributed by atoms with Gasteiger partial charge in [0.05, 0.1) is 0 Å². The molecule has 3 aromatic rings. The Morgan fingerprint density at radius 3 is 2.12 bits per heavy atom. The number of aryl methyl sites for hydroxylation is 2. The molecule has 32 heavy (non-hydrogen) atoms. The standard InChI is InChI=1S/C26H30N4O2/c1-20-5-3-7-23(27-20)13-14-29-15-17-30(18-16-29)26(31)32-25-11-9-22(10-12-25)19-24-8-4-6-21(2)28-24/h3-12H,13-19H2,1-2H3. The summed E-state index contributed by atoms with van der Waals surface area (Å²) in [5, 5.41) is 0. The summed E-state index contributed by atoms with van der Waals surface area (Å²) >= 11 is 0. The Balaban J connectivity index is 1.22. The number of hydrogen-bond acceptors (Lipinski definition) is 5. The Morgan fingerprint density at radius 1 is 0.844 bits per heavy atom. The molecular weight excluding hydrogens is 400 g/mol. The third-order valence-electron chi connectivity index (χ3n) is 5.72. The van der Waals surface area contributed by atoms with Crippen molar-refractivity contribution in [2.75, 3.05) is 32.7 Å². The molecule has 6 heteroatoms. The summed E-state index contributed by atoms with van der Waals surface area (Å²) in [5.74, 6) is 0.573. The Bertz CT molecular complexity index is 1040. The Labute approximate surface area is 189 Å². The van der Waals surface area contributed by atoms with Crippen LogP contribution in [0, 0.1) is 13.8 Å². The summed E-state index contributed by atoms with van der Waals surface area (Å²) in [6.45, 7) is 8.02. The van der Waals surface area contributed by atoms with Crippen molar-refractivity contribution in [3.63, 3.8) is 0 Å². The lowest BCUT2D eigenvalue weighted by atomic mass is 10.1. The number of hydrogen-bond donors (Lipinski definition) is 0. The van der Waals surface area contributed by atoms with E-state index in [0.717, 1.165) is 60.8 Å². The molecule has 0 aliphatic carbocycles. The van der Waals surface area contributed by atoms with Crippen molar-refractivity contribution in [3.05, 3.63) is 89.0 Å². The Kier molecular flexibility index (Phi) is 7.12. The zero-order chi connectivity index (χ0) is 22.3. The molecule has 1 saturated heterocycles. The van der Waals surface area contributed by atoms with Gasteiger partial charge in [-0.3, -0.25) is 14.9 Å². The van der Waals surface area contributed by atoms with Crippen molar-refractivity contribution in [2.45, 2.75) is 26.7 Å². The molecule has 4 rings (SSSR count). The fourth-order valence-corrected chi connectivity index (χ4v) is 3.91. The van der Waals surface area contributed by atoms with Gasteiger partial charge in [0.15, 0.2) is 0 Å².